The van der Waals surface area contributed by atoms with Gasteiger partial charge >= 0.3 is 0 Å². The first-order valence-corrected chi connectivity index (χ1v) is 10.6. The lowest BCUT2D eigenvalue weighted by Gasteiger charge is -2.64. The maximum Gasteiger partial charge on any atom is 0.270 e. The first kappa shape index (κ1) is 18.0. The molecule has 154 valence electrons. The van der Waals surface area contributed by atoms with E-state index >= 15 is 0 Å². The van der Waals surface area contributed by atoms with E-state index in [1.807, 2.05) is 6.07 Å². The summed E-state index contributed by atoms with van der Waals surface area (Å²) in [6.45, 7) is 0.617. The van der Waals surface area contributed by atoms with Crippen molar-refractivity contribution in [1.29, 1.82) is 0 Å². The molecule has 30 heavy (non-hydrogen) atoms. The third kappa shape index (κ3) is 2.60. The lowest BCUT2D eigenvalue weighted by molar-refractivity contribution is -0.0938. The molecule has 7 rings (SSSR count). The van der Waals surface area contributed by atoms with Crippen molar-refractivity contribution in [2.75, 3.05) is 0 Å². The van der Waals surface area contributed by atoms with Crippen molar-refractivity contribution >= 4 is 11.8 Å². The third-order valence-corrected chi connectivity index (χ3v) is 7.65. The van der Waals surface area contributed by atoms with Crippen LogP contribution in [0.25, 0.3) is 0 Å². The van der Waals surface area contributed by atoms with E-state index in [4.69, 9.17) is 0 Å². The molecule has 2 aromatic heterocycles. The van der Waals surface area contributed by atoms with E-state index in [1.165, 1.54) is 18.3 Å². The maximum absolute atomic E-state index is 13.6. The lowest BCUT2D eigenvalue weighted by Crippen LogP contribution is -2.69. The Morgan fingerprint density at radius 2 is 1.97 bits per heavy atom. The Labute approximate surface area is 173 Å². The molecule has 2 unspecified atom stereocenters. The molecule has 4 saturated carbocycles. The van der Waals surface area contributed by atoms with Crippen LogP contribution in [0.4, 0.5) is 4.39 Å². The molecule has 1 N–H and O–H groups in total. The Bertz CT molecular complexity index is 1060. The van der Waals surface area contributed by atoms with E-state index in [-0.39, 0.29) is 28.6 Å². The standard InChI is InChI=1S/C23H23FN4O2/c24-17-2-4-26-19(6-17)20(29)27-22-7-14-5-15(8-22)10-23(9-14,13-22)28-12-16-1-3-25-11-18(16)21(28)30/h1-4,6,11,14-15H,5,7-10,12-13H2,(H,27,29). The summed E-state index contributed by atoms with van der Waals surface area (Å²) in [5.74, 6) is 0.245. The predicted octanol–water partition coefficient (Wildman–Crippen LogP) is 3.09. The van der Waals surface area contributed by atoms with E-state index in [0.29, 0.717) is 23.9 Å². The summed E-state index contributed by atoms with van der Waals surface area (Å²) in [4.78, 5) is 36.4. The van der Waals surface area contributed by atoms with Gasteiger partial charge < -0.3 is 10.2 Å². The number of nitrogens with one attached hydrogen (secondary N) is 1. The molecule has 3 heterocycles. The molecule has 0 radical (unpaired) electrons. The largest absolute Gasteiger partial charge is 0.345 e. The average Bonchev–Trinajstić information content (AvgIpc) is 3.04. The molecule has 4 fully saturated rings. The van der Waals surface area contributed by atoms with E-state index in [0.717, 1.165) is 44.1 Å². The van der Waals surface area contributed by atoms with Crippen LogP contribution in [-0.4, -0.2) is 37.8 Å². The number of carbonyl (C=O) groups is 2. The second-order valence-electron chi connectivity index (χ2n) is 9.70. The van der Waals surface area contributed by atoms with Crippen molar-refractivity contribution in [1.82, 2.24) is 20.2 Å². The van der Waals surface area contributed by atoms with E-state index in [2.05, 4.69) is 20.2 Å². The minimum atomic E-state index is -0.467. The Morgan fingerprint density at radius 1 is 1.17 bits per heavy atom. The summed E-state index contributed by atoms with van der Waals surface area (Å²) in [7, 11) is 0. The summed E-state index contributed by atoms with van der Waals surface area (Å²) in [5, 5.41) is 3.23. The second kappa shape index (κ2) is 6.09. The van der Waals surface area contributed by atoms with E-state index in [9.17, 15) is 14.0 Å². The number of amides is 2. The Kier molecular flexibility index (Phi) is 3.65. The molecular formula is C23H23FN4O2. The smallest absolute Gasteiger partial charge is 0.270 e. The van der Waals surface area contributed by atoms with Gasteiger partial charge in [0.2, 0.25) is 0 Å². The summed E-state index contributed by atoms with van der Waals surface area (Å²) >= 11 is 0. The van der Waals surface area contributed by atoms with Gasteiger partial charge in [-0.1, -0.05) is 0 Å². The highest BCUT2D eigenvalue weighted by molar-refractivity contribution is 5.98. The summed E-state index contributed by atoms with van der Waals surface area (Å²) < 4.78 is 13.6. The zero-order chi connectivity index (χ0) is 20.5. The van der Waals surface area contributed by atoms with Crippen molar-refractivity contribution in [2.45, 2.75) is 56.1 Å². The van der Waals surface area contributed by atoms with Crippen LogP contribution in [-0.2, 0) is 6.54 Å². The van der Waals surface area contributed by atoms with Crippen LogP contribution >= 0.6 is 0 Å². The molecule has 0 aromatic carbocycles. The van der Waals surface area contributed by atoms with Gasteiger partial charge in [0.05, 0.1) is 5.56 Å². The number of rotatable bonds is 3. The quantitative estimate of drug-likeness (QED) is 0.850. The highest BCUT2D eigenvalue weighted by atomic mass is 19.1. The van der Waals surface area contributed by atoms with Crippen LogP contribution in [0.2, 0.25) is 0 Å². The molecule has 2 amide bonds. The number of halogens is 1. The third-order valence-electron chi connectivity index (χ3n) is 7.65. The topological polar surface area (TPSA) is 75.2 Å². The fourth-order valence-corrected chi connectivity index (χ4v) is 7.03. The molecule has 0 spiro atoms. The molecule has 7 heteroatoms. The molecular weight excluding hydrogens is 383 g/mol. The summed E-state index contributed by atoms with van der Waals surface area (Å²) in [6, 6.07) is 4.35. The van der Waals surface area contributed by atoms with Crippen LogP contribution in [0, 0.1) is 17.7 Å². The molecule has 6 nitrogen and oxygen atoms in total. The fraction of sp³-hybridized carbons (Fsp3) is 0.478. The van der Waals surface area contributed by atoms with E-state index < -0.39 is 5.82 Å². The summed E-state index contributed by atoms with van der Waals surface area (Å²) in [6.07, 6.45) is 10.5. The number of fused-ring (bicyclic) bond motifs is 1. The fourth-order valence-electron chi connectivity index (χ4n) is 7.03. The monoisotopic (exact) mass is 406 g/mol. The number of aromatic nitrogens is 2. The number of hydrogen-bond acceptors (Lipinski definition) is 4. The summed E-state index contributed by atoms with van der Waals surface area (Å²) in [5.41, 5.74) is 1.25. The van der Waals surface area contributed by atoms with Crippen LogP contribution in [0.3, 0.4) is 0 Å². The Hall–Kier alpha value is -2.83. The first-order valence-electron chi connectivity index (χ1n) is 10.6. The Balaban J connectivity index is 1.32. The SMILES string of the molecule is O=C(NC12CC3CC(C1)CC(N1Cc4ccncc4C1=O)(C3)C2)c1cc(F)ccn1. The highest BCUT2D eigenvalue weighted by Gasteiger charge is 2.61. The Morgan fingerprint density at radius 3 is 2.70 bits per heavy atom. The normalized spacial score (nSPS) is 33.6. The van der Waals surface area contributed by atoms with Gasteiger partial charge in [-0.2, -0.15) is 0 Å². The van der Waals surface area contributed by atoms with Gasteiger partial charge in [0.15, 0.2) is 0 Å². The number of nitrogens with zero attached hydrogens (tertiary/aromatic N) is 3. The van der Waals surface area contributed by atoms with Gasteiger partial charge in [-0.05, 0) is 68.1 Å². The van der Waals surface area contributed by atoms with Gasteiger partial charge in [0, 0.05) is 42.3 Å². The minimum Gasteiger partial charge on any atom is -0.345 e. The van der Waals surface area contributed by atoms with Crippen LogP contribution in [0.1, 0.15) is 64.9 Å². The number of pyridine rings is 2. The molecule has 4 aliphatic carbocycles. The van der Waals surface area contributed by atoms with Gasteiger partial charge in [-0.15, -0.1) is 0 Å². The van der Waals surface area contributed by atoms with Crippen molar-refractivity contribution in [2.24, 2.45) is 11.8 Å². The molecule has 2 aromatic rings. The number of carbonyl (C=O) groups excluding carboxylic acids is 2. The number of hydrogen-bond donors (Lipinski definition) is 1. The van der Waals surface area contributed by atoms with Gasteiger partial charge in [-0.25, -0.2) is 4.39 Å². The predicted molar refractivity (Wildman–Crippen MR) is 106 cm³/mol. The van der Waals surface area contributed by atoms with Crippen LogP contribution < -0.4 is 5.32 Å². The minimum absolute atomic E-state index is 0.0633. The molecule has 1 aliphatic heterocycles. The van der Waals surface area contributed by atoms with Crippen LogP contribution in [0.5, 0.6) is 0 Å². The highest BCUT2D eigenvalue weighted by Crippen LogP contribution is 2.60. The maximum atomic E-state index is 13.6. The van der Waals surface area contributed by atoms with Gasteiger partial charge in [0.1, 0.15) is 11.5 Å². The molecule has 2 atom stereocenters. The lowest BCUT2D eigenvalue weighted by atomic mass is 9.49. The van der Waals surface area contributed by atoms with Crippen molar-refractivity contribution in [3.05, 3.63) is 59.4 Å². The van der Waals surface area contributed by atoms with Gasteiger partial charge in [0.25, 0.3) is 11.8 Å². The zero-order valence-corrected chi connectivity index (χ0v) is 16.6. The van der Waals surface area contributed by atoms with Crippen molar-refractivity contribution in [3.63, 3.8) is 0 Å². The average molecular weight is 406 g/mol. The first-order chi connectivity index (χ1) is 14.5. The van der Waals surface area contributed by atoms with E-state index in [1.54, 1.807) is 12.4 Å². The van der Waals surface area contributed by atoms with Gasteiger partial charge in [-0.3, -0.25) is 19.6 Å². The van der Waals surface area contributed by atoms with Crippen molar-refractivity contribution in [3.8, 4) is 0 Å². The molecule has 0 saturated heterocycles. The molecule has 5 aliphatic rings. The van der Waals surface area contributed by atoms with Crippen LogP contribution in [0.15, 0.2) is 36.8 Å². The zero-order valence-electron chi connectivity index (χ0n) is 16.6. The van der Waals surface area contributed by atoms with Crippen molar-refractivity contribution < 1.29 is 14.0 Å². The second-order valence-corrected chi connectivity index (χ2v) is 9.70. The molecule has 4 bridgehead atoms.